The van der Waals surface area contributed by atoms with Crippen LogP contribution in [0, 0.1) is 0 Å². The lowest BCUT2D eigenvalue weighted by Gasteiger charge is -2.05. The lowest BCUT2D eigenvalue weighted by Crippen LogP contribution is -2.09. The van der Waals surface area contributed by atoms with Crippen molar-refractivity contribution in [2.75, 3.05) is 18.1 Å². The summed E-state index contributed by atoms with van der Waals surface area (Å²) in [6.07, 6.45) is 9.41. The Balaban J connectivity index is 3.34. The summed E-state index contributed by atoms with van der Waals surface area (Å²) in [5.41, 5.74) is 0. The van der Waals surface area contributed by atoms with Gasteiger partial charge in [-0.2, -0.15) is 11.8 Å². The second-order valence-corrected chi connectivity index (χ2v) is 6.72. The van der Waals surface area contributed by atoms with Crippen LogP contribution in [0.25, 0.3) is 0 Å². The van der Waals surface area contributed by atoms with E-state index in [1.165, 1.54) is 25.7 Å². The van der Waals surface area contributed by atoms with Crippen molar-refractivity contribution < 1.29 is 14.3 Å². The van der Waals surface area contributed by atoms with Gasteiger partial charge in [0.25, 0.3) is 0 Å². The van der Waals surface area contributed by atoms with Crippen LogP contribution in [-0.2, 0) is 14.3 Å². The molecule has 0 bridgehead atoms. The summed E-state index contributed by atoms with van der Waals surface area (Å²) in [7, 11) is 0. The zero-order valence-corrected chi connectivity index (χ0v) is 14.6. The molecule has 4 heteroatoms. The van der Waals surface area contributed by atoms with E-state index >= 15 is 0 Å². The summed E-state index contributed by atoms with van der Waals surface area (Å²) in [5, 5.41) is 0. The molecule has 21 heavy (non-hydrogen) atoms. The predicted molar refractivity (Wildman–Crippen MR) is 90.8 cm³/mol. The highest BCUT2D eigenvalue weighted by Crippen LogP contribution is 2.08. The molecule has 0 spiro atoms. The van der Waals surface area contributed by atoms with E-state index in [2.05, 4.69) is 13.8 Å². The van der Waals surface area contributed by atoms with Crippen LogP contribution in [0.2, 0.25) is 0 Å². The quantitative estimate of drug-likeness (QED) is 0.322. The van der Waals surface area contributed by atoms with Crippen LogP contribution in [0.3, 0.4) is 0 Å². The number of thioether (sulfide) groups is 1. The molecule has 0 N–H and O–H groups in total. The van der Waals surface area contributed by atoms with E-state index in [0.29, 0.717) is 19.3 Å². The maximum Gasteiger partial charge on any atom is 0.305 e. The molecule has 0 aliphatic carbocycles. The maximum absolute atomic E-state index is 11.5. The summed E-state index contributed by atoms with van der Waals surface area (Å²) in [6.45, 7) is 4.57. The Hall–Kier alpha value is -0.510. The molecular weight excluding hydrogens is 284 g/mol. The molecule has 0 aliphatic rings. The molecule has 0 atom stereocenters. The lowest BCUT2D eigenvalue weighted by molar-refractivity contribution is -0.144. The normalized spacial score (nSPS) is 10.6. The predicted octanol–water partition coefficient (Wildman–Crippen LogP) is 4.77. The third kappa shape index (κ3) is 15.7. The Labute approximate surface area is 134 Å². The molecule has 0 saturated carbocycles. The third-order valence-corrected chi connectivity index (χ3v) is 4.31. The van der Waals surface area contributed by atoms with Crippen LogP contribution in [-0.4, -0.2) is 29.9 Å². The van der Waals surface area contributed by atoms with Gasteiger partial charge in [-0.25, -0.2) is 0 Å². The molecule has 0 aromatic rings. The molecule has 124 valence electrons. The number of hydrogen-bond acceptors (Lipinski definition) is 4. The highest BCUT2D eigenvalue weighted by molar-refractivity contribution is 7.99. The lowest BCUT2D eigenvalue weighted by atomic mass is 10.1. The Morgan fingerprint density at radius 2 is 1.57 bits per heavy atom. The van der Waals surface area contributed by atoms with Crippen LogP contribution in [0.1, 0.15) is 78.1 Å². The van der Waals surface area contributed by atoms with Gasteiger partial charge in [-0.1, -0.05) is 46.0 Å². The van der Waals surface area contributed by atoms with Gasteiger partial charge in [-0.3, -0.25) is 9.59 Å². The first-order chi connectivity index (χ1) is 10.2. The number of unbranched alkanes of at least 4 members (excludes halogenated alkanes) is 5. The monoisotopic (exact) mass is 316 g/mol. The van der Waals surface area contributed by atoms with Gasteiger partial charge in [0.2, 0.25) is 0 Å². The molecule has 0 saturated heterocycles. The van der Waals surface area contributed by atoms with E-state index < -0.39 is 0 Å². The van der Waals surface area contributed by atoms with Crippen LogP contribution in [0.15, 0.2) is 0 Å². The SMILES string of the molecule is CCCCCCCCC(=O)OCCC(=O)CCCSCC. The number of rotatable bonds is 15. The van der Waals surface area contributed by atoms with Crippen molar-refractivity contribution in [1.82, 2.24) is 0 Å². The van der Waals surface area contributed by atoms with Gasteiger partial charge < -0.3 is 4.74 Å². The van der Waals surface area contributed by atoms with Crippen molar-refractivity contribution in [2.45, 2.75) is 78.1 Å². The topological polar surface area (TPSA) is 43.4 Å². The Bertz CT molecular complexity index is 267. The highest BCUT2D eigenvalue weighted by Gasteiger charge is 2.06. The van der Waals surface area contributed by atoms with Crippen molar-refractivity contribution in [3.8, 4) is 0 Å². The third-order valence-electron chi connectivity index (χ3n) is 3.33. The number of carbonyl (C=O) groups excluding carboxylic acids is 2. The van der Waals surface area contributed by atoms with Gasteiger partial charge in [0, 0.05) is 19.3 Å². The van der Waals surface area contributed by atoms with Crippen LogP contribution in [0.4, 0.5) is 0 Å². The summed E-state index contributed by atoms with van der Waals surface area (Å²) < 4.78 is 5.10. The minimum Gasteiger partial charge on any atom is -0.465 e. The molecule has 0 unspecified atom stereocenters. The van der Waals surface area contributed by atoms with Gasteiger partial charge in [0.15, 0.2) is 0 Å². The summed E-state index contributed by atoms with van der Waals surface area (Å²) in [6, 6.07) is 0. The largest absolute Gasteiger partial charge is 0.465 e. The summed E-state index contributed by atoms with van der Waals surface area (Å²) >= 11 is 1.86. The molecule has 0 aliphatic heterocycles. The zero-order valence-electron chi connectivity index (χ0n) is 13.8. The van der Waals surface area contributed by atoms with Crippen LogP contribution in [0.5, 0.6) is 0 Å². The number of carbonyl (C=O) groups is 2. The van der Waals surface area contributed by atoms with Gasteiger partial charge in [0.1, 0.15) is 5.78 Å². The molecule has 3 nitrogen and oxygen atoms in total. The second kappa shape index (κ2) is 15.9. The van der Waals surface area contributed by atoms with Crippen molar-refractivity contribution in [1.29, 1.82) is 0 Å². The van der Waals surface area contributed by atoms with E-state index in [1.54, 1.807) is 0 Å². The maximum atomic E-state index is 11.5. The van der Waals surface area contributed by atoms with Crippen LogP contribution >= 0.6 is 11.8 Å². The second-order valence-electron chi connectivity index (χ2n) is 5.33. The average Bonchev–Trinajstić information content (AvgIpc) is 2.47. The van der Waals surface area contributed by atoms with E-state index in [0.717, 1.165) is 30.8 Å². The number of Topliss-reactive ketones (excluding diaryl/α,β-unsaturated/α-hetero) is 1. The molecular formula is C17H32O3S. The fourth-order valence-electron chi connectivity index (χ4n) is 2.04. The van der Waals surface area contributed by atoms with Crippen molar-refractivity contribution in [3.05, 3.63) is 0 Å². The van der Waals surface area contributed by atoms with E-state index in [4.69, 9.17) is 4.74 Å². The Morgan fingerprint density at radius 3 is 2.29 bits per heavy atom. The molecule has 0 aromatic heterocycles. The first-order valence-electron chi connectivity index (χ1n) is 8.45. The fraction of sp³-hybridized carbons (Fsp3) is 0.882. The number of ether oxygens (including phenoxy) is 1. The molecule has 0 aromatic carbocycles. The zero-order chi connectivity index (χ0) is 15.8. The Kier molecular flexibility index (Phi) is 15.5. The van der Waals surface area contributed by atoms with E-state index in [9.17, 15) is 9.59 Å². The molecule has 0 heterocycles. The van der Waals surface area contributed by atoms with Gasteiger partial charge in [-0.15, -0.1) is 0 Å². The number of ketones is 1. The fourth-order valence-corrected chi connectivity index (χ4v) is 2.68. The standard InChI is InChI=1S/C17H32O3S/c1-3-5-6-7-8-9-12-17(19)20-14-13-16(18)11-10-15-21-4-2/h3-15H2,1-2H3. The highest BCUT2D eigenvalue weighted by atomic mass is 32.2. The summed E-state index contributed by atoms with van der Waals surface area (Å²) in [5.74, 6) is 2.20. The first kappa shape index (κ1) is 20.5. The van der Waals surface area contributed by atoms with Crippen molar-refractivity contribution in [3.63, 3.8) is 0 Å². The average molecular weight is 317 g/mol. The Morgan fingerprint density at radius 1 is 0.857 bits per heavy atom. The molecule has 0 rings (SSSR count). The van der Waals surface area contributed by atoms with E-state index in [1.807, 2.05) is 11.8 Å². The summed E-state index contributed by atoms with van der Waals surface area (Å²) in [4.78, 5) is 23.0. The smallest absolute Gasteiger partial charge is 0.305 e. The van der Waals surface area contributed by atoms with Crippen molar-refractivity contribution in [2.24, 2.45) is 0 Å². The van der Waals surface area contributed by atoms with E-state index in [-0.39, 0.29) is 18.4 Å². The minimum atomic E-state index is -0.153. The number of hydrogen-bond donors (Lipinski definition) is 0. The number of esters is 1. The van der Waals surface area contributed by atoms with Gasteiger partial charge >= 0.3 is 5.97 Å². The van der Waals surface area contributed by atoms with Gasteiger partial charge in [-0.05, 0) is 24.3 Å². The van der Waals surface area contributed by atoms with Crippen LogP contribution < -0.4 is 0 Å². The molecule has 0 amide bonds. The molecule has 0 fully saturated rings. The van der Waals surface area contributed by atoms with Gasteiger partial charge in [0.05, 0.1) is 6.61 Å². The first-order valence-corrected chi connectivity index (χ1v) is 9.61. The molecule has 0 radical (unpaired) electrons. The van der Waals surface area contributed by atoms with Crippen molar-refractivity contribution >= 4 is 23.5 Å². The minimum absolute atomic E-state index is 0.153.